The molecule has 0 saturated heterocycles. The third-order valence-corrected chi connectivity index (χ3v) is 8.16. The summed E-state index contributed by atoms with van der Waals surface area (Å²) in [6.07, 6.45) is 15.6. The molecule has 0 bridgehead atoms. The highest BCUT2D eigenvalue weighted by Gasteiger charge is 2.27. The molecule has 33 heavy (non-hydrogen) atoms. The second-order valence-corrected chi connectivity index (χ2v) is 10.7. The lowest BCUT2D eigenvalue weighted by molar-refractivity contribution is 0.0713. The number of fused-ring (bicyclic) bond motifs is 1. The molecule has 1 aromatic carbocycles. The van der Waals surface area contributed by atoms with Gasteiger partial charge in [-0.2, -0.15) is 0 Å². The van der Waals surface area contributed by atoms with E-state index in [9.17, 15) is 4.79 Å². The molecule has 2 aromatic rings. The van der Waals surface area contributed by atoms with E-state index in [-0.39, 0.29) is 11.9 Å². The van der Waals surface area contributed by atoms with Gasteiger partial charge in [-0.05, 0) is 91.6 Å². The molecule has 5 rings (SSSR count). The van der Waals surface area contributed by atoms with Crippen molar-refractivity contribution in [3.63, 3.8) is 0 Å². The Morgan fingerprint density at radius 3 is 2.58 bits per heavy atom. The Morgan fingerprint density at radius 1 is 1.00 bits per heavy atom. The molecule has 1 aromatic heterocycles. The number of pyridine rings is 1. The maximum atomic E-state index is 13.1. The predicted octanol–water partition coefficient (Wildman–Crippen LogP) is 5.33. The summed E-state index contributed by atoms with van der Waals surface area (Å²) in [6, 6.07) is 11.2. The molecule has 2 fully saturated rings. The summed E-state index contributed by atoms with van der Waals surface area (Å²) in [5.74, 6) is 1.85. The van der Waals surface area contributed by atoms with Crippen LogP contribution in [0.5, 0.6) is 0 Å². The van der Waals surface area contributed by atoms with Crippen LogP contribution in [0.2, 0.25) is 0 Å². The average molecular weight is 446 g/mol. The summed E-state index contributed by atoms with van der Waals surface area (Å²) >= 11 is 0. The van der Waals surface area contributed by atoms with E-state index in [1.54, 1.807) is 0 Å². The number of carbonyl (C=O) groups is 1. The Bertz CT molecular complexity index is 944. The van der Waals surface area contributed by atoms with Crippen LogP contribution < -0.4 is 5.32 Å². The van der Waals surface area contributed by atoms with E-state index in [0.717, 1.165) is 50.6 Å². The Morgan fingerprint density at radius 2 is 1.82 bits per heavy atom. The number of nitrogens with zero attached hydrogens (tertiary/aromatic N) is 2. The zero-order valence-electron chi connectivity index (χ0n) is 20.2. The SMILES string of the molecule is CN(C(=O)c1ccc(CCC2CC2)cn1)[C@H]1CCc2cc(CNCC3CCCC3)ccc2C1. The highest BCUT2D eigenvalue weighted by atomic mass is 16.2. The van der Waals surface area contributed by atoms with Gasteiger partial charge in [0.2, 0.25) is 0 Å². The molecule has 0 spiro atoms. The smallest absolute Gasteiger partial charge is 0.272 e. The van der Waals surface area contributed by atoms with Gasteiger partial charge >= 0.3 is 0 Å². The first kappa shape index (κ1) is 22.6. The van der Waals surface area contributed by atoms with Gasteiger partial charge in [0.25, 0.3) is 5.91 Å². The molecule has 3 aliphatic carbocycles. The number of likely N-dealkylation sites (N-methyl/N-ethyl adjacent to an activating group) is 1. The number of benzene rings is 1. The Kier molecular flexibility index (Phi) is 7.10. The van der Waals surface area contributed by atoms with Gasteiger partial charge in [0.1, 0.15) is 5.69 Å². The van der Waals surface area contributed by atoms with Crippen molar-refractivity contribution in [2.75, 3.05) is 13.6 Å². The van der Waals surface area contributed by atoms with Crippen molar-refractivity contribution >= 4 is 5.91 Å². The molecule has 2 saturated carbocycles. The molecule has 176 valence electrons. The van der Waals surface area contributed by atoms with Gasteiger partial charge in [-0.15, -0.1) is 0 Å². The number of nitrogens with one attached hydrogen (secondary N) is 1. The standard InChI is InChI=1S/C29H39N3O/c1-32(29(33)28-15-11-23(20-31-28)9-8-21-6-7-21)27-14-13-25-16-24(10-12-26(25)17-27)19-30-18-22-4-2-3-5-22/h10-12,15-16,20-22,27,30H,2-9,13-14,17-19H2,1H3/t27-/m0/s1. The van der Waals surface area contributed by atoms with Crippen LogP contribution in [0.25, 0.3) is 0 Å². The van der Waals surface area contributed by atoms with E-state index >= 15 is 0 Å². The van der Waals surface area contributed by atoms with Gasteiger partial charge < -0.3 is 10.2 Å². The van der Waals surface area contributed by atoms with Gasteiger partial charge in [-0.3, -0.25) is 9.78 Å². The van der Waals surface area contributed by atoms with Crippen molar-refractivity contribution in [1.82, 2.24) is 15.2 Å². The minimum atomic E-state index is 0.0462. The maximum Gasteiger partial charge on any atom is 0.272 e. The first-order valence-electron chi connectivity index (χ1n) is 13.2. The van der Waals surface area contributed by atoms with E-state index in [0.29, 0.717) is 5.69 Å². The predicted molar refractivity (Wildman–Crippen MR) is 133 cm³/mol. The van der Waals surface area contributed by atoms with Crippen LogP contribution in [0.3, 0.4) is 0 Å². The summed E-state index contributed by atoms with van der Waals surface area (Å²) in [5, 5.41) is 3.67. The van der Waals surface area contributed by atoms with Crippen molar-refractivity contribution in [3.05, 3.63) is 64.5 Å². The van der Waals surface area contributed by atoms with Crippen molar-refractivity contribution in [1.29, 1.82) is 0 Å². The number of rotatable bonds is 9. The Labute approximate surface area is 199 Å². The first-order valence-corrected chi connectivity index (χ1v) is 13.2. The van der Waals surface area contributed by atoms with E-state index in [2.05, 4.69) is 34.6 Å². The number of amides is 1. The fraction of sp³-hybridized carbons (Fsp3) is 0.586. The van der Waals surface area contributed by atoms with E-state index in [4.69, 9.17) is 0 Å². The molecule has 1 N–H and O–H groups in total. The first-order chi connectivity index (χ1) is 16.2. The van der Waals surface area contributed by atoms with Gasteiger partial charge in [0.15, 0.2) is 0 Å². The fourth-order valence-electron chi connectivity index (χ4n) is 5.69. The molecule has 4 nitrogen and oxygen atoms in total. The van der Waals surface area contributed by atoms with E-state index in [1.165, 1.54) is 67.2 Å². The van der Waals surface area contributed by atoms with Crippen LogP contribution in [0.15, 0.2) is 36.5 Å². The van der Waals surface area contributed by atoms with Crippen molar-refractivity contribution in [2.24, 2.45) is 11.8 Å². The van der Waals surface area contributed by atoms with Crippen LogP contribution in [-0.4, -0.2) is 35.4 Å². The Balaban J connectivity index is 1.13. The zero-order valence-corrected chi connectivity index (χ0v) is 20.2. The summed E-state index contributed by atoms with van der Waals surface area (Å²) in [4.78, 5) is 19.5. The summed E-state index contributed by atoms with van der Waals surface area (Å²) < 4.78 is 0. The molecule has 4 heteroatoms. The lowest BCUT2D eigenvalue weighted by atomic mass is 9.86. The number of hydrogen-bond acceptors (Lipinski definition) is 3. The molecule has 0 aliphatic heterocycles. The molecular weight excluding hydrogens is 406 g/mol. The van der Waals surface area contributed by atoms with Gasteiger partial charge in [-0.1, -0.05) is 49.9 Å². The van der Waals surface area contributed by atoms with Crippen LogP contribution in [-0.2, 0) is 25.8 Å². The third-order valence-electron chi connectivity index (χ3n) is 8.16. The van der Waals surface area contributed by atoms with Gasteiger partial charge in [0, 0.05) is 25.8 Å². The Hall–Kier alpha value is -2.20. The zero-order chi connectivity index (χ0) is 22.6. The van der Waals surface area contributed by atoms with Gasteiger partial charge in [-0.25, -0.2) is 0 Å². The van der Waals surface area contributed by atoms with Crippen molar-refractivity contribution in [3.8, 4) is 0 Å². The molecule has 0 radical (unpaired) electrons. The highest BCUT2D eigenvalue weighted by molar-refractivity contribution is 5.92. The largest absolute Gasteiger partial charge is 0.337 e. The van der Waals surface area contributed by atoms with Crippen LogP contribution in [0.1, 0.15) is 84.1 Å². The van der Waals surface area contributed by atoms with Crippen LogP contribution in [0, 0.1) is 11.8 Å². The lowest BCUT2D eigenvalue weighted by Crippen LogP contribution is -2.41. The van der Waals surface area contributed by atoms with Gasteiger partial charge in [0.05, 0.1) is 0 Å². The van der Waals surface area contributed by atoms with Crippen molar-refractivity contribution < 1.29 is 4.79 Å². The summed E-state index contributed by atoms with van der Waals surface area (Å²) in [5.41, 5.74) is 6.07. The quantitative estimate of drug-likeness (QED) is 0.567. The van der Waals surface area contributed by atoms with Crippen LogP contribution >= 0.6 is 0 Å². The average Bonchev–Trinajstić information content (AvgIpc) is 3.55. The second kappa shape index (κ2) is 10.4. The fourth-order valence-corrected chi connectivity index (χ4v) is 5.69. The number of carbonyl (C=O) groups excluding carboxylic acids is 1. The second-order valence-electron chi connectivity index (χ2n) is 10.7. The maximum absolute atomic E-state index is 13.1. The minimum Gasteiger partial charge on any atom is -0.337 e. The van der Waals surface area contributed by atoms with E-state index in [1.807, 2.05) is 24.2 Å². The molecule has 3 aliphatic rings. The van der Waals surface area contributed by atoms with Crippen molar-refractivity contribution in [2.45, 2.75) is 83.2 Å². The molecule has 1 heterocycles. The number of aryl methyl sites for hydroxylation is 2. The summed E-state index contributed by atoms with van der Waals surface area (Å²) in [7, 11) is 1.95. The molecule has 1 amide bonds. The minimum absolute atomic E-state index is 0.0462. The molecular formula is C29H39N3O. The normalized spacial score (nSPS) is 20.6. The third kappa shape index (κ3) is 5.84. The molecule has 0 unspecified atom stereocenters. The number of hydrogen-bond donors (Lipinski definition) is 1. The highest BCUT2D eigenvalue weighted by Crippen LogP contribution is 2.33. The summed E-state index contributed by atoms with van der Waals surface area (Å²) in [6.45, 7) is 2.12. The number of aromatic nitrogens is 1. The lowest BCUT2D eigenvalue weighted by Gasteiger charge is -2.32. The van der Waals surface area contributed by atoms with E-state index < -0.39 is 0 Å². The monoisotopic (exact) mass is 445 g/mol. The topological polar surface area (TPSA) is 45.2 Å². The van der Waals surface area contributed by atoms with Crippen LogP contribution in [0.4, 0.5) is 0 Å². The molecule has 1 atom stereocenters.